The average molecular weight is 172 g/mol. The van der Waals surface area contributed by atoms with Crippen LogP contribution in [0.3, 0.4) is 0 Å². The van der Waals surface area contributed by atoms with Gasteiger partial charge in [-0.2, -0.15) is 0 Å². The molecule has 0 aromatic carbocycles. The van der Waals surface area contributed by atoms with Gasteiger partial charge in [-0.25, -0.2) is 0 Å². The normalized spacial score (nSPS) is 11.3. The van der Waals surface area contributed by atoms with E-state index in [1.165, 1.54) is 0 Å². The molecule has 76 valence electrons. The van der Waals surface area contributed by atoms with E-state index < -0.39 is 0 Å². The maximum absolute atomic E-state index is 6.88. The first kappa shape index (κ1) is 10.9. The molecule has 0 aliphatic carbocycles. The zero-order valence-corrected chi connectivity index (χ0v) is 8.39. The molecule has 0 atom stereocenters. The molecule has 3 heteroatoms. The van der Waals surface area contributed by atoms with Gasteiger partial charge in [-0.15, -0.1) is 0 Å². The third-order valence-corrected chi connectivity index (χ3v) is 0. The maximum atomic E-state index is 6.88. The van der Waals surface area contributed by atoms with Crippen molar-refractivity contribution in [3.05, 3.63) is 0 Å². The van der Waals surface area contributed by atoms with Gasteiger partial charge in [0.05, 0.1) is 21.1 Å². The molecule has 0 radical (unpaired) electrons. The second kappa shape index (κ2) is 22.5. The average Bonchev–Trinajstić information content (AvgIpc) is 1.87. The van der Waals surface area contributed by atoms with E-state index in [0.717, 1.165) is 0 Å². The first-order valence-electron chi connectivity index (χ1n) is 5.13. The molecule has 0 bridgehead atoms. The Balaban J connectivity index is -0.0000000305. The molecule has 0 aliphatic rings. The Hall–Kier alpha value is -0.120. The Morgan fingerprint density at radius 3 is 1.45 bits per heavy atom. The van der Waals surface area contributed by atoms with Crippen LogP contribution in [0.25, 0.3) is 0 Å². The largest absolute Gasteiger partial charge is 0.347 e. The molecule has 0 aromatic heterocycles. The van der Waals surface area contributed by atoms with Gasteiger partial charge >= 0.3 is 1.41 Å². The lowest BCUT2D eigenvalue weighted by Gasteiger charge is -1.90. The lowest BCUT2D eigenvalue weighted by atomic mass is 11.0. The van der Waals surface area contributed by atoms with E-state index in [9.17, 15) is 0 Å². The molecule has 0 rings (SSSR count). The van der Waals surface area contributed by atoms with Crippen molar-refractivity contribution in [3.8, 4) is 0 Å². The molecule has 0 heterocycles. The van der Waals surface area contributed by atoms with Gasteiger partial charge < -0.3 is 15.5 Å². The van der Waals surface area contributed by atoms with Crippen molar-refractivity contribution in [1.82, 2.24) is 4.90 Å². The SMILES string of the molecule is C.CN(C)C.[2H]NC.[2H][2H].[2H][N+](C)(C)C. The molecule has 3 N–H and O–H groups in total. The van der Waals surface area contributed by atoms with Gasteiger partial charge in [0.25, 0.3) is 0 Å². The van der Waals surface area contributed by atoms with Crippen molar-refractivity contribution < 1.29 is 10.7 Å². The summed E-state index contributed by atoms with van der Waals surface area (Å²) in [5.41, 5.74) is 2.00. The standard InChI is InChI=1S/2C3H9N.CH5N.CH4.H2/c2*1-4(2)3;1-2;;/h2*1-3H3;2H2,1H3;1H4;1H/p+1/i;;;;1+1D/hD2. The topological polar surface area (TPSA) is 33.7 Å². The molecule has 0 amide bonds. The highest BCUT2D eigenvalue weighted by molar-refractivity contribution is 4.09. The summed E-state index contributed by atoms with van der Waals surface area (Å²) in [4.78, 5) is 2.25. The van der Waals surface area contributed by atoms with E-state index in [-0.39, 0.29) is 12.3 Å². The number of nitrogens with one attached hydrogen (secondary N) is 1. The number of nitrogens with zero attached hydrogens (tertiary/aromatic N) is 1. The van der Waals surface area contributed by atoms with Crippen LogP contribution in [0.2, 0.25) is 2.82 Å². The highest BCUT2D eigenvalue weighted by Crippen LogP contribution is 1.47. The third kappa shape index (κ3) is 42600. The van der Waals surface area contributed by atoms with Gasteiger partial charge in [0.1, 0.15) is 1.41 Å². The van der Waals surface area contributed by atoms with E-state index in [2.05, 4.69) is 0 Å². The third-order valence-electron chi connectivity index (χ3n) is 0. The van der Waals surface area contributed by atoms with Crippen molar-refractivity contribution >= 4 is 0 Å². The van der Waals surface area contributed by atoms with Crippen LogP contribution in [-0.4, -0.2) is 54.2 Å². The summed E-state index contributed by atoms with van der Waals surface area (Å²) in [5.74, 6) is 0. The Morgan fingerprint density at radius 2 is 1.45 bits per heavy atom. The molecule has 3 nitrogen and oxygen atoms in total. The van der Waals surface area contributed by atoms with Gasteiger partial charge in [-0.1, -0.05) is 7.43 Å². The predicted molar refractivity (Wildman–Crippen MR) is 57.3 cm³/mol. The summed E-state index contributed by atoms with van der Waals surface area (Å²) in [6.07, 6.45) is 0. The number of nitrogens with two attached hydrogens (primary N) is 1. The van der Waals surface area contributed by atoms with Gasteiger partial charge in [0, 0.05) is 2.97 Å². The Bertz CT molecular complexity index is 68.0. The molecule has 0 saturated heterocycles. The van der Waals surface area contributed by atoms with E-state index in [1.807, 2.05) is 31.8 Å². The first-order chi connectivity index (χ1) is 6.15. The predicted octanol–water partition coefficient (Wildman–Crippen LogP) is -0.604. The second-order valence-corrected chi connectivity index (χ2v) is 2.68. The lowest BCUT2D eigenvalue weighted by Crippen LogP contribution is -3.02. The minimum Gasteiger partial charge on any atom is -0.342 e. The maximum Gasteiger partial charge on any atom is 0.347 e. The molecular weight excluding hydrogens is 138 g/mol. The van der Waals surface area contributed by atoms with Gasteiger partial charge in [-0.05, 0) is 28.2 Å². The van der Waals surface area contributed by atoms with Crippen molar-refractivity contribution in [2.75, 3.05) is 49.3 Å². The molecule has 11 heavy (non-hydrogen) atoms. The van der Waals surface area contributed by atoms with Crippen molar-refractivity contribution in [3.63, 3.8) is 0 Å². The van der Waals surface area contributed by atoms with Crippen molar-refractivity contribution in [1.29, 1.82) is 0 Å². The first-order valence-corrected chi connectivity index (χ1v) is 3.18. The van der Waals surface area contributed by atoms with Gasteiger partial charge in [-0.3, -0.25) is 0 Å². The van der Waals surface area contributed by atoms with Crippen LogP contribution in [0.5, 0.6) is 0 Å². The highest BCUT2D eigenvalue weighted by atomic mass is 15.0. The number of hydrogen-bond donors (Lipinski definition) is 2. The van der Waals surface area contributed by atoms with Crippen LogP contribution in [0.15, 0.2) is 0 Å². The van der Waals surface area contributed by atoms with Crippen LogP contribution in [0.4, 0.5) is 0 Å². The monoisotopic (exact) mass is 172 g/mol. The molecule has 0 spiro atoms. The quantitative estimate of drug-likeness (QED) is 0.511. The summed E-state index contributed by atoms with van der Waals surface area (Å²) in [6.45, 7) is 0. The zero-order chi connectivity index (χ0) is 12.8. The fourth-order valence-electron chi connectivity index (χ4n) is 0. The zero-order valence-electron chi connectivity index (χ0n) is 12.4. The van der Waals surface area contributed by atoms with E-state index in [1.54, 1.807) is 28.2 Å². The van der Waals surface area contributed by atoms with Crippen LogP contribution in [0.1, 0.15) is 10.4 Å². The van der Waals surface area contributed by atoms with E-state index in [4.69, 9.17) is 5.79 Å². The fraction of sp³-hybridized carbons (Fsp3) is 1.00. The Kier molecular flexibility index (Phi) is 22.3. The molecule has 0 fully saturated rings. The second-order valence-electron chi connectivity index (χ2n) is 2.68. The van der Waals surface area contributed by atoms with Crippen molar-refractivity contribution in [2.24, 2.45) is 5.73 Å². The lowest BCUT2D eigenvalue weighted by molar-refractivity contribution is -0.836. The summed E-state index contributed by atoms with van der Waals surface area (Å²) in [5, 5.41) is 0. The Labute approximate surface area is 79.2 Å². The van der Waals surface area contributed by atoms with Crippen LogP contribution >= 0.6 is 0 Å². The molecule has 0 saturated carbocycles. The van der Waals surface area contributed by atoms with Gasteiger partial charge in [0.15, 0.2) is 0 Å². The highest BCUT2D eigenvalue weighted by Gasteiger charge is 1.61. The number of hydrogen-bond acceptors (Lipinski definition) is 2. The molecular formula is C8H30N3+. The molecule has 0 aromatic rings. The summed E-state index contributed by atoms with van der Waals surface area (Å²) < 4.78 is 22.8. The number of quaternary nitrogens is 1. The van der Waals surface area contributed by atoms with Crippen LogP contribution in [0, 0.1) is 0 Å². The molecule has 0 unspecified atom stereocenters. The Morgan fingerprint density at radius 1 is 1.45 bits per heavy atom. The summed E-state index contributed by atoms with van der Waals surface area (Å²) >= 11 is 0. The summed E-state index contributed by atoms with van der Waals surface area (Å²) in [7, 11) is 12.9. The smallest absolute Gasteiger partial charge is 0.342 e. The minimum atomic E-state index is 0. The number of rotatable bonds is 0. The fourth-order valence-corrected chi connectivity index (χ4v) is 0. The minimum absolute atomic E-state index is 0. The summed E-state index contributed by atoms with van der Waals surface area (Å²) in [6, 6.07) is 0. The van der Waals surface area contributed by atoms with E-state index in [0.29, 0.717) is 0 Å². The van der Waals surface area contributed by atoms with Crippen molar-refractivity contribution in [2.45, 2.75) is 7.43 Å². The van der Waals surface area contributed by atoms with Crippen LogP contribution in [-0.2, 0) is 0 Å². The van der Waals surface area contributed by atoms with Gasteiger partial charge in [0.2, 0.25) is 0 Å². The van der Waals surface area contributed by atoms with Crippen LogP contribution < -0.4 is 10.6 Å². The van der Waals surface area contributed by atoms with E-state index >= 15 is 0 Å². The molecule has 0 aliphatic heterocycles.